The summed E-state index contributed by atoms with van der Waals surface area (Å²) < 4.78 is 13.4. The van der Waals surface area contributed by atoms with Crippen LogP contribution in [0.2, 0.25) is 0 Å². The summed E-state index contributed by atoms with van der Waals surface area (Å²) in [5.74, 6) is -0.197. The molecule has 2 aromatic rings. The molecule has 7 heteroatoms. The smallest absolute Gasteiger partial charge is 0.322 e. The zero-order valence-electron chi connectivity index (χ0n) is 14.9. The van der Waals surface area contributed by atoms with Gasteiger partial charge in [0.05, 0.1) is 5.00 Å². The van der Waals surface area contributed by atoms with Gasteiger partial charge in [0.25, 0.3) is 0 Å². The summed E-state index contributed by atoms with van der Waals surface area (Å²) in [5.41, 5.74) is 0.792. The van der Waals surface area contributed by atoms with Crippen LogP contribution in [0.5, 0.6) is 0 Å². The van der Waals surface area contributed by atoms with Crippen LogP contribution in [0.1, 0.15) is 27.2 Å². The van der Waals surface area contributed by atoms with Crippen LogP contribution in [0.25, 0.3) is 10.4 Å². The molecule has 3 rings (SSSR count). The van der Waals surface area contributed by atoms with Crippen LogP contribution < -0.4 is 5.32 Å². The van der Waals surface area contributed by atoms with E-state index in [2.05, 4.69) is 5.32 Å². The van der Waals surface area contributed by atoms with Crippen LogP contribution >= 0.6 is 11.3 Å². The zero-order valence-corrected chi connectivity index (χ0v) is 15.7. The van der Waals surface area contributed by atoms with Crippen molar-refractivity contribution in [2.75, 3.05) is 25.5 Å². The van der Waals surface area contributed by atoms with Crippen LogP contribution in [0, 0.1) is 5.82 Å². The Labute approximate surface area is 163 Å². The van der Waals surface area contributed by atoms with Crippen LogP contribution in [-0.4, -0.2) is 47.9 Å². The van der Waals surface area contributed by atoms with Gasteiger partial charge in [0.2, 0.25) is 5.91 Å². The minimum absolute atomic E-state index is 0. The van der Waals surface area contributed by atoms with Gasteiger partial charge in [-0.1, -0.05) is 19.6 Å². The van der Waals surface area contributed by atoms with Crippen molar-refractivity contribution in [1.82, 2.24) is 9.80 Å². The van der Waals surface area contributed by atoms with E-state index >= 15 is 0 Å². The van der Waals surface area contributed by atoms with Gasteiger partial charge in [0.15, 0.2) is 0 Å². The van der Waals surface area contributed by atoms with Gasteiger partial charge < -0.3 is 9.80 Å². The molecule has 2 heterocycles. The second-order valence-corrected chi connectivity index (χ2v) is 7.54. The SMILES string of the molecule is C.CC(=O)N1CCC(N(C)C(=O)Nc2ccc(-c3cccc(F)c3)s2)CC1. The van der Waals surface area contributed by atoms with Crippen molar-refractivity contribution in [2.45, 2.75) is 33.2 Å². The summed E-state index contributed by atoms with van der Waals surface area (Å²) in [6, 6.07) is 10.1. The Morgan fingerprint density at radius 2 is 1.93 bits per heavy atom. The molecule has 146 valence electrons. The molecule has 0 bridgehead atoms. The number of amides is 3. The number of piperidine rings is 1. The summed E-state index contributed by atoms with van der Waals surface area (Å²) in [5, 5.41) is 3.63. The minimum atomic E-state index is -0.280. The molecule has 3 amide bonds. The Kier molecular flexibility index (Phi) is 6.96. The molecule has 27 heavy (non-hydrogen) atoms. The second-order valence-electron chi connectivity index (χ2n) is 6.45. The first-order valence-electron chi connectivity index (χ1n) is 8.59. The van der Waals surface area contributed by atoms with E-state index < -0.39 is 0 Å². The van der Waals surface area contributed by atoms with Crippen LogP contribution in [0.4, 0.5) is 14.2 Å². The van der Waals surface area contributed by atoms with E-state index in [-0.39, 0.29) is 31.2 Å². The van der Waals surface area contributed by atoms with Crippen LogP contribution in [0.3, 0.4) is 0 Å². The molecule has 0 saturated carbocycles. The van der Waals surface area contributed by atoms with Crippen molar-refractivity contribution in [3.05, 3.63) is 42.2 Å². The Hall–Kier alpha value is -2.41. The summed E-state index contributed by atoms with van der Waals surface area (Å²) in [6.07, 6.45) is 1.56. The van der Waals surface area contributed by atoms with Gasteiger partial charge in [-0.25, -0.2) is 9.18 Å². The average molecular weight is 392 g/mol. The van der Waals surface area contributed by atoms with Crippen molar-refractivity contribution in [2.24, 2.45) is 0 Å². The monoisotopic (exact) mass is 391 g/mol. The molecule has 0 spiro atoms. The molecule has 1 aliphatic heterocycles. The number of carbonyl (C=O) groups excluding carboxylic acids is 2. The maximum atomic E-state index is 13.4. The lowest BCUT2D eigenvalue weighted by atomic mass is 10.0. The highest BCUT2D eigenvalue weighted by molar-refractivity contribution is 7.19. The van der Waals surface area contributed by atoms with E-state index in [1.807, 2.05) is 23.1 Å². The number of nitrogens with one attached hydrogen (secondary N) is 1. The van der Waals surface area contributed by atoms with Crippen molar-refractivity contribution in [3.8, 4) is 10.4 Å². The number of hydrogen-bond acceptors (Lipinski definition) is 3. The first kappa shape index (κ1) is 20.9. The van der Waals surface area contributed by atoms with E-state index in [1.54, 1.807) is 24.9 Å². The lowest BCUT2D eigenvalue weighted by molar-refractivity contribution is -0.130. The molecule has 0 aliphatic carbocycles. The zero-order chi connectivity index (χ0) is 18.7. The lowest BCUT2D eigenvalue weighted by Gasteiger charge is -2.36. The minimum Gasteiger partial charge on any atom is -0.343 e. The maximum Gasteiger partial charge on any atom is 0.322 e. The summed E-state index contributed by atoms with van der Waals surface area (Å²) in [6.45, 7) is 2.93. The van der Waals surface area contributed by atoms with Gasteiger partial charge in [-0.15, -0.1) is 11.3 Å². The van der Waals surface area contributed by atoms with Crippen molar-refractivity contribution >= 4 is 28.3 Å². The highest BCUT2D eigenvalue weighted by atomic mass is 32.1. The first-order valence-corrected chi connectivity index (χ1v) is 9.41. The summed E-state index contributed by atoms with van der Waals surface area (Å²) in [4.78, 5) is 28.3. The predicted molar refractivity (Wildman–Crippen MR) is 109 cm³/mol. The number of urea groups is 1. The Balaban J connectivity index is 0.00000261. The van der Waals surface area contributed by atoms with Gasteiger partial charge in [-0.05, 0) is 42.7 Å². The van der Waals surface area contributed by atoms with Crippen molar-refractivity contribution in [1.29, 1.82) is 0 Å². The highest BCUT2D eigenvalue weighted by Crippen LogP contribution is 2.32. The van der Waals surface area contributed by atoms with Gasteiger partial charge in [0, 0.05) is 38.0 Å². The number of halogens is 1. The van der Waals surface area contributed by atoms with E-state index in [1.165, 1.54) is 23.5 Å². The largest absolute Gasteiger partial charge is 0.343 e. The van der Waals surface area contributed by atoms with E-state index in [0.717, 1.165) is 28.3 Å². The average Bonchev–Trinajstić information content (AvgIpc) is 3.09. The number of likely N-dealkylation sites (tertiary alicyclic amines) is 1. The molecule has 5 nitrogen and oxygen atoms in total. The van der Waals surface area contributed by atoms with Crippen LogP contribution in [-0.2, 0) is 4.79 Å². The molecule has 0 radical (unpaired) electrons. The first-order chi connectivity index (χ1) is 12.4. The van der Waals surface area contributed by atoms with Gasteiger partial charge in [-0.3, -0.25) is 10.1 Å². The Morgan fingerprint density at radius 3 is 2.56 bits per heavy atom. The number of benzene rings is 1. The third-order valence-electron chi connectivity index (χ3n) is 4.72. The number of thiophene rings is 1. The maximum absolute atomic E-state index is 13.4. The fourth-order valence-corrected chi connectivity index (χ4v) is 4.02. The number of anilines is 1. The highest BCUT2D eigenvalue weighted by Gasteiger charge is 2.26. The van der Waals surface area contributed by atoms with Gasteiger partial charge in [0.1, 0.15) is 5.82 Å². The Bertz CT molecular complexity index is 800. The molecule has 1 fully saturated rings. The summed E-state index contributed by atoms with van der Waals surface area (Å²) >= 11 is 1.41. The third-order valence-corrected chi connectivity index (χ3v) is 5.77. The second kappa shape index (κ2) is 8.99. The number of carbonyl (C=O) groups is 2. The standard InChI is InChI=1S/C19H22FN3O2S.CH4/c1-13(24)23-10-8-16(9-11-23)22(2)19(25)21-18-7-6-17(26-18)14-4-3-5-15(20)12-14;/h3-7,12,16H,8-11H2,1-2H3,(H,21,25);1H4. The summed E-state index contributed by atoms with van der Waals surface area (Å²) in [7, 11) is 1.78. The lowest BCUT2D eigenvalue weighted by Crippen LogP contribution is -2.47. The van der Waals surface area contributed by atoms with Crippen molar-refractivity contribution < 1.29 is 14.0 Å². The molecular weight excluding hydrogens is 365 g/mol. The molecule has 0 atom stereocenters. The fourth-order valence-electron chi connectivity index (χ4n) is 3.13. The molecule has 1 aromatic heterocycles. The van der Waals surface area contributed by atoms with Gasteiger partial charge in [-0.2, -0.15) is 0 Å². The quantitative estimate of drug-likeness (QED) is 0.827. The van der Waals surface area contributed by atoms with Crippen molar-refractivity contribution in [3.63, 3.8) is 0 Å². The Morgan fingerprint density at radius 1 is 1.22 bits per heavy atom. The molecule has 0 unspecified atom stereocenters. The fraction of sp³-hybridized carbons (Fsp3) is 0.400. The molecule has 1 aromatic carbocycles. The molecule has 1 saturated heterocycles. The van der Waals surface area contributed by atoms with Gasteiger partial charge >= 0.3 is 6.03 Å². The third kappa shape index (κ3) is 5.07. The molecular formula is C20H26FN3O2S. The topological polar surface area (TPSA) is 52.7 Å². The normalized spacial score (nSPS) is 14.4. The number of rotatable bonds is 3. The number of nitrogens with zero attached hydrogens (tertiary/aromatic N) is 2. The number of hydrogen-bond donors (Lipinski definition) is 1. The van der Waals surface area contributed by atoms with E-state index in [4.69, 9.17) is 0 Å². The van der Waals surface area contributed by atoms with Crippen LogP contribution in [0.15, 0.2) is 36.4 Å². The van der Waals surface area contributed by atoms with E-state index in [9.17, 15) is 14.0 Å². The van der Waals surface area contributed by atoms with E-state index in [0.29, 0.717) is 13.1 Å². The molecule has 1 N–H and O–H groups in total. The molecule has 1 aliphatic rings. The predicted octanol–water partition coefficient (Wildman–Crippen LogP) is 4.66.